The Hall–Kier alpha value is -2.76. The smallest absolute Gasteiger partial charge is 0.244 e. The lowest BCUT2D eigenvalue weighted by Gasteiger charge is -2.32. The first-order valence-electron chi connectivity index (χ1n) is 8.83. The molecule has 6 heteroatoms. The van der Waals surface area contributed by atoms with Crippen LogP contribution in [0.5, 0.6) is 0 Å². The summed E-state index contributed by atoms with van der Waals surface area (Å²) in [5, 5.41) is 7.69. The summed E-state index contributed by atoms with van der Waals surface area (Å²) >= 11 is 7.64. The lowest BCUT2D eigenvalue weighted by atomic mass is 10.1. The van der Waals surface area contributed by atoms with Crippen LogP contribution in [-0.2, 0) is 4.79 Å². The fraction of sp³-hybridized carbons (Fsp3) is 0.0909. The number of anilines is 3. The summed E-state index contributed by atoms with van der Waals surface area (Å²) in [4.78, 5) is 14.5. The highest BCUT2D eigenvalue weighted by molar-refractivity contribution is 8.14. The number of hydrazone groups is 1. The maximum absolute atomic E-state index is 12.2. The van der Waals surface area contributed by atoms with Gasteiger partial charge in [0.05, 0.1) is 17.3 Å². The van der Waals surface area contributed by atoms with Gasteiger partial charge in [-0.2, -0.15) is 10.1 Å². The first-order chi connectivity index (χ1) is 13.6. The first-order valence-corrected chi connectivity index (χ1v) is 10.2. The van der Waals surface area contributed by atoms with Gasteiger partial charge in [-0.15, -0.1) is 0 Å². The Bertz CT molecular complexity index is 1020. The number of para-hydroxylation sites is 2. The summed E-state index contributed by atoms with van der Waals surface area (Å²) in [7, 11) is 0. The van der Waals surface area contributed by atoms with Gasteiger partial charge in [-0.05, 0) is 42.5 Å². The zero-order valence-corrected chi connectivity index (χ0v) is 16.8. The largest absolute Gasteiger partial charge is 0.331 e. The minimum absolute atomic E-state index is 0.128. The number of rotatable bonds is 3. The maximum atomic E-state index is 12.2. The van der Waals surface area contributed by atoms with Gasteiger partial charge in [-0.25, -0.2) is 0 Å². The van der Waals surface area contributed by atoms with E-state index in [-0.39, 0.29) is 5.91 Å². The van der Waals surface area contributed by atoms with Crippen molar-refractivity contribution in [2.24, 2.45) is 5.10 Å². The highest BCUT2D eigenvalue weighted by Gasteiger charge is 2.24. The molecule has 3 aromatic carbocycles. The number of halogens is 1. The van der Waals surface area contributed by atoms with Crippen LogP contribution in [-0.4, -0.2) is 16.8 Å². The van der Waals surface area contributed by atoms with E-state index in [1.807, 2.05) is 72.8 Å². The van der Waals surface area contributed by atoms with Crippen molar-refractivity contribution in [3.63, 3.8) is 0 Å². The van der Waals surface area contributed by atoms with Gasteiger partial charge in [0.25, 0.3) is 0 Å². The molecule has 0 bridgehead atoms. The molecule has 3 aromatic rings. The van der Waals surface area contributed by atoms with E-state index in [9.17, 15) is 4.79 Å². The number of nitrogens with zero attached hydrogens (tertiary/aromatic N) is 3. The zero-order valence-electron chi connectivity index (χ0n) is 15.2. The third-order valence-corrected chi connectivity index (χ3v) is 5.60. The second-order valence-corrected chi connectivity index (χ2v) is 7.64. The van der Waals surface area contributed by atoms with Crippen molar-refractivity contribution in [1.29, 1.82) is 0 Å². The summed E-state index contributed by atoms with van der Waals surface area (Å²) in [5.41, 5.74) is 3.87. The van der Waals surface area contributed by atoms with Crippen LogP contribution in [0.1, 0.15) is 12.5 Å². The van der Waals surface area contributed by atoms with Crippen LogP contribution in [0.2, 0.25) is 5.02 Å². The number of carbonyl (C=O) groups is 1. The van der Waals surface area contributed by atoms with E-state index in [1.165, 1.54) is 11.9 Å². The molecular formula is C22H18ClN3OS. The minimum atomic E-state index is -0.128. The molecule has 1 heterocycles. The molecule has 1 aliphatic heterocycles. The molecule has 4 rings (SSSR count). The predicted molar refractivity (Wildman–Crippen MR) is 119 cm³/mol. The van der Waals surface area contributed by atoms with E-state index < -0.39 is 0 Å². The average Bonchev–Trinajstić information content (AvgIpc) is 2.73. The van der Waals surface area contributed by atoms with Crippen LogP contribution in [0.3, 0.4) is 0 Å². The van der Waals surface area contributed by atoms with Crippen molar-refractivity contribution in [1.82, 2.24) is 0 Å². The SMILES string of the molecule is CC(=O)N(/N=C1\SCN(c2ccc(Cl)cc2)c2ccccc21)c1ccccc1. The van der Waals surface area contributed by atoms with E-state index in [1.54, 1.807) is 11.8 Å². The highest BCUT2D eigenvalue weighted by atomic mass is 35.5. The summed E-state index contributed by atoms with van der Waals surface area (Å²) < 4.78 is 0. The Labute approximate surface area is 173 Å². The molecule has 0 N–H and O–H groups in total. The molecule has 0 atom stereocenters. The quantitative estimate of drug-likeness (QED) is 0.507. The molecule has 0 fully saturated rings. The number of thioether (sulfide) groups is 1. The molecule has 0 aromatic heterocycles. The molecule has 0 aliphatic carbocycles. The van der Waals surface area contributed by atoms with E-state index in [0.717, 1.165) is 27.7 Å². The van der Waals surface area contributed by atoms with Gasteiger partial charge < -0.3 is 4.90 Å². The first kappa shape index (κ1) is 18.6. The Morgan fingerprint density at radius 2 is 1.68 bits per heavy atom. The van der Waals surface area contributed by atoms with Crippen molar-refractivity contribution in [2.75, 3.05) is 15.8 Å². The molecule has 0 saturated heterocycles. The van der Waals surface area contributed by atoms with Gasteiger partial charge in [0, 0.05) is 23.2 Å². The van der Waals surface area contributed by atoms with Crippen molar-refractivity contribution in [3.05, 3.63) is 89.4 Å². The standard InChI is InChI=1S/C22H18ClN3OS/c1-16(27)26(19-7-3-2-4-8-19)24-22-20-9-5-6-10-21(20)25(15-28-22)18-13-11-17(23)12-14-18/h2-14H,15H2,1H3/b24-22-. The van der Waals surface area contributed by atoms with Crippen LogP contribution in [0, 0.1) is 0 Å². The maximum Gasteiger partial charge on any atom is 0.244 e. The molecule has 28 heavy (non-hydrogen) atoms. The Morgan fingerprint density at radius 1 is 1.00 bits per heavy atom. The zero-order chi connectivity index (χ0) is 19.5. The fourth-order valence-electron chi connectivity index (χ4n) is 3.05. The number of benzene rings is 3. The molecule has 140 valence electrons. The monoisotopic (exact) mass is 407 g/mol. The molecule has 0 saturated carbocycles. The third-order valence-electron chi connectivity index (χ3n) is 4.38. The molecular weight excluding hydrogens is 390 g/mol. The van der Waals surface area contributed by atoms with Crippen molar-refractivity contribution in [2.45, 2.75) is 6.92 Å². The van der Waals surface area contributed by atoms with Crippen molar-refractivity contribution >= 4 is 51.4 Å². The number of amides is 1. The van der Waals surface area contributed by atoms with Crippen LogP contribution in [0.15, 0.2) is 84.0 Å². The van der Waals surface area contributed by atoms with E-state index in [0.29, 0.717) is 10.9 Å². The van der Waals surface area contributed by atoms with Gasteiger partial charge in [0.2, 0.25) is 5.91 Å². The number of hydrogen-bond acceptors (Lipinski definition) is 4. The van der Waals surface area contributed by atoms with E-state index in [4.69, 9.17) is 16.7 Å². The molecule has 1 amide bonds. The molecule has 0 radical (unpaired) electrons. The lowest BCUT2D eigenvalue weighted by Crippen LogP contribution is -2.28. The Balaban J connectivity index is 1.74. The molecule has 0 unspecified atom stereocenters. The van der Waals surface area contributed by atoms with Crippen molar-refractivity contribution < 1.29 is 4.79 Å². The highest BCUT2D eigenvalue weighted by Crippen LogP contribution is 2.38. The number of hydrogen-bond donors (Lipinski definition) is 0. The number of fused-ring (bicyclic) bond motifs is 1. The average molecular weight is 408 g/mol. The van der Waals surface area contributed by atoms with Crippen LogP contribution >= 0.6 is 23.4 Å². The lowest BCUT2D eigenvalue weighted by molar-refractivity contribution is -0.116. The fourth-order valence-corrected chi connectivity index (χ4v) is 4.18. The van der Waals surface area contributed by atoms with Crippen molar-refractivity contribution in [3.8, 4) is 0 Å². The van der Waals surface area contributed by atoms with Gasteiger partial charge in [0.15, 0.2) is 0 Å². The van der Waals surface area contributed by atoms with E-state index >= 15 is 0 Å². The van der Waals surface area contributed by atoms with Crippen LogP contribution in [0.4, 0.5) is 17.1 Å². The minimum Gasteiger partial charge on any atom is -0.331 e. The summed E-state index contributed by atoms with van der Waals surface area (Å²) in [6.45, 7) is 1.52. The second kappa shape index (κ2) is 8.09. The summed E-state index contributed by atoms with van der Waals surface area (Å²) in [6.07, 6.45) is 0. The summed E-state index contributed by atoms with van der Waals surface area (Å²) in [6, 6.07) is 25.4. The molecule has 0 spiro atoms. The molecule has 4 nitrogen and oxygen atoms in total. The molecule has 1 aliphatic rings. The topological polar surface area (TPSA) is 35.9 Å². The predicted octanol–water partition coefficient (Wildman–Crippen LogP) is 5.90. The number of carbonyl (C=O) groups excluding carboxylic acids is 1. The normalized spacial score (nSPS) is 14.6. The van der Waals surface area contributed by atoms with E-state index in [2.05, 4.69) is 11.0 Å². The third kappa shape index (κ3) is 3.77. The van der Waals surface area contributed by atoms with Crippen LogP contribution in [0.25, 0.3) is 0 Å². The Kier molecular flexibility index (Phi) is 5.37. The van der Waals surface area contributed by atoms with Gasteiger partial charge in [-0.3, -0.25) is 4.79 Å². The Morgan fingerprint density at radius 3 is 2.39 bits per heavy atom. The van der Waals surface area contributed by atoms with Gasteiger partial charge in [0.1, 0.15) is 5.04 Å². The van der Waals surface area contributed by atoms with Crippen LogP contribution < -0.4 is 9.91 Å². The van der Waals surface area contributed by atoms with Gasteiger partial charge in [-0.1, -0.05) is 59.8 Å². The second-order valence-electron chi connectivity index (χ2n) is 6.27. The van der Waals surface area contributed by atoms with Gasteiger partial charge >= 0.3 is 0 Å². The summed E-state index contributed by atoms with van der Waals surface area (Å²) in [5.74, 6) is 0.565.